The molecule has 0 aliphatic carbocycles. The van der Waals surface area contributed by atoms with E-state index in [0.717, 1.165) is 24.0 Å². The summed E-state index contributed by atoms with van der Waals surface area (Å²) in [6.07, 6.45) is 2.55. The minimum Gasteiger partial charge on any atom is -0.311 e. The lowest BCUT2D eigenvalue weighted by Crippen LogP contribution is -2.18. The molecule has 13 nitrogen and oxygen atoms in total. The van der Waals surface area contributed by atoms with Crippen molar-refractivity contribution in [2.45, 2.75) is 21.9 Å². The van der Waals surface area contributed by atoms with Gasteiger partial charge in [0.1, 0.15) is 6.33 Å². The Labute approximate surface area is 185 Å². The number of aryl methyl sites for hydroxylation is 2. The van der Waals surface area contributed by atoms with Crippen molar-refractivity contribution in [3.05, 3.63) is 74.1 Å². The van der Waals surface area contributed by atoms with Gasteiger partial charge in [0.25, 0.3) is 21.4 Å². The van der Waals surface area contributed by atoms with Crippen LogP contribution in [0.15, 0.2) is 62.8 Å². The molecule has 15 heteroatoms. The Kier molecular flexibility index (Phi) is 6.50. The van der Waals surface area contributed by atoms with Gasteiger partial charge in [-0.1, -0.05) is 12.1 Å². The summed E-state index contributed by atoms with van der Waals surface area (Å²) < 4.78 is 26.4. The third-order valence-electron chi connectivity index (χ3n) is 4.12. The number of hydrogen-bond donors (Lipinski definition) is 1. The molecule has 3 rings (SSSR count). The Bertz CT molecular complexity index is 1340. The van der Waals surface area contributed by atoms with Crippen LogP contribution in [0.5, 0.6) is 0 Å². The second kappa shape index (κ2) is 9.11. The van der Waals surface area contributed by atoms with Crippen LogP contribution >= 0.6 is 11.8 Å². The van der Waals surface area contributed by atoms with Gasteiger partial charge in [0.15, 0.2) is 5.16 Å². The van der Waals surface area contributed by atoms with Crippen LogP contribution in [0.3, 0.4) is 0 Å². The highest BCUT2D eigenvalue weighted by Gasteiger charge is 2.20. The molecule has 0 fully saturated rings. The topological polar surface area (TPSA) is 176 Å². The highest BCUT2D eigenvalue weighted by molar-refractivity contribution is 7.99. The molecule has 1 heterocycles. The van der Waals surface area contributed by atoms with Crippen molar-refractivity contribution >= 4 is 39.4 Å². The Morgan fingerprint density at radius 2 is 1.84 bits per heavy atom. The summed E-state index contributed by atoms with van der Waals surface area (Å²) in [5.41, 5.74) is 0.00286. The number of hydrogen-bond acceptors (Lipinski definition) is 10. The second-order valence-electron chi connectivity index (χ2n) is 6.37. The lowest BCUT2D eigenvalue weighted by Gasteiger charge is -2.05. The molecule has 0 radical (unpaired) electrons. The first-order valence-electron chi connectivity index (χ1n) is 8.68. The average Bonchev–Trinajstić information content (AvgIpc) is 3.13. The molecule has 0 saturated heterocycles. The first-order valence-corrected chi connectivity index (χ1v) is 11.0. The van der Waals surface area contributed by atoms with E-state index in [4.69, 9.17) is 0 Å². The molecule has 3 aromatic rings. The first-order chi connectivity index (χ1) is 15.1. The smallest absolute Gasteiger partial charge is 0.283 e. The standard InChI is InChI=1S/C17H15N7O6S2/c1-11-3-5-13(8-14(11)23(25)26)32(29,30)21-18-9-12-4-6-16(15(7-12)24(27)28)31-17-20-19-10-22(17)2/h3-10,21H,1-2H3. The van der Waals surface area contributed by atoms with Crippen LogP contribution in [-0.4, -0.2) is 39.2 Å². The van der Waals surface area contributed by atoms with Crippen molar-refractivity contribution < 1.29 is 18.3 Å². The third kappa shape index (κ3) is 5.06. The Balaban J connectivity index is 1.81. The van der Waals surface area contributed by atoms with Gasteiger partial charge in [0, 0.05) is 30.3 Å². The molecule has 1 N–H and O–H groups in total. The highest BCUT2D eigenvalue weighted by atomic mass is 32.2. The number of nitro benzene ring substituents is 2. The molecule has 0 saturated carbocycles. The van der Waals surface area contributed by atoms with Crippen LogP contribution in [0.25, 0.3) is 0 Å². The number of benzene rings is 2. The number of sulfonamides is 1. The highest BCUT2D eigenvalue weighted by Crippen LogP contribution is 2.33. The van der Waals surface area contributed by atoms with Gasteiger partial charge < -0.3 is 4.57 Å². The predicted molar refractivity (Wildman–Crippen MR) is 114 cm³/mol. The van der Waals surface area contributed by atoms with Gasteiger partial charge in [-0.2, -0.15) is 13.5 Å². The normalized spacial score (nSPS) is 11.6. The molecule has 0 aliphatic heterocycles. The second-order valence-corrected chi connectivity index (χ2v) is 9.04. The molecular formula is C17H15N7O6S2. The number of nitrogens with one attached hydrogen (secondary N) is 1. The van der Waals surface area contributed by atoms with Crippen LogP contribution in [0, 0.1) is 27.2 Å². The molecule has 1 aromatic heterocycles. The van der Waals surface area contributed by atoms with Gasteiger partial charge in [-0.05, 0) is 30.8 Å². The lowest BCUT2D eigenvalue weighted by molar-refractivity contribution is -0.387. The SMILES string of the molecule is Cc1ccc(S(=O)(=O)NN=Cc2ccc(Sc3nncn3C)c([N+](=O)[O-])c2)cc1[N+](=O)[O-]. The maximum atomic E-state index is 12.4. The van der Waals surface area contributed by atoms with Crippen LogP contribution in [0.4, 0.5) is 11.4 Å². The molecule has 0 amide bonds. The Morgan fingerprint density at radius 3 is 2.47 bits per heavy atom. The lowest BCUT2D eigenvalue weighted by atomic mass is 10.2. The van der Waals surface area contributed by atoms with E-state index in [1.54, 1.807) is 11.6 Å². The predicted octanol–water partition coefficient (Wildman–Crippen LogP) is 2.40. The van der Waals surface area contributed by atoms with Crippen LogP contribution in [0.2, 0.25) is 0 Å². The van der Waals surface area contributed by atoms with E-state index in [1.807, 2.05) is 4.83 Å². The van der Waals surface area contributed by atoms with Gasteiger partial charge in [0.2, 0.25) is 0 Å². The van der Waals surface area contributed by atoms with E-state index in [9.17, 15) is 28.6 Å². The van der Waals surface area contributed by atoms with E-state index in [1.165, 1.54) is 43.6 Å². The fraction of sp³-hybridized carbons (Fsp3) is 0.118. The number of nitro groups is 2. The van der Waals surface area contributed by atoms with E-state index in [0.29, 0.717) is 15.6 Å². The Hall–Kier alpha value is -3.85. The maximum Gasteiger partial charge on any atom is 0.283 e. The summed E-state index contributed by atoms with van der Waals surface area (Å²) in [4.78, 5) is 23.1. The van der Waals surface area contributed by atoms with Gasteiger partial charge in [0.05, 0.1) is 25.9 Å². The quantitative estimate of drug-likeness (QED) is 0.290. The molecule has 0 bridgehead atoms. The average molecular weight is 477 g/mol. The van der Waals surface area contributed by atoms with Gasteiger partial charge >= 0.3 is 0 Å². The van der Waals surface area contributed by atoms with Crippen molar-refractivity contribution in [2.75, 3.05) is 0 Å². The third-order valence-corrected chi connectivity index (χ3v) is 6.46. The van der Waals surface area contributed by atoms with Crippen molar-refractivity contribution in [3.8, 4) is 0 Å². The van der Waals surface area contributed by atoms with Crippen molar-refractivity contribution in [1.82, 2.24) is 19.6 Å². The van der Waals surface area contributed by atoms with E-state index in [-0.39, 0.29) is 21.8 Å². The number of rotatable bonds is 8. The number of aromatic nitrogens is 3. The molecule has 166 valence electrons. The number of nitrogens with zero attached hydrogens (tertiary/aromatic N) is 6. The zero-order valence-corrected chi connectivity index (χ0v) is 18.2. The zero-order valence-electron chi connectivity index (χ0n) is 16.6. The molecule has 32 heavy (non-hydrogen) atoms. The van der Waals surface area contributed by atoms with Crippen LogP contribution < -0.4 is 4.83 Å². The molecule has 0 atom stereocenters. The molecule has 0 unspecified atom stereocenters. The summed E-state index contributed by atoms with van der Waals surface area (Å²) in [7, 11) is -2.49. The monoisotopic (exact) mass is 477 g/mol. The maximum absolute atomic E-state index is 12.4. The van der Waals surface area contributed by atoms with E-state index >= 15 is 0 Å². The fourth-order valence-corrected chi connectivity index (χ4v) is 4.14. The van der Waals surface area contributed by atoms with E-state index < -0.39 is 19.9 Å². The van der Waals surface area contributed by atoms with Crippen molar-refractivity contribution in [3.63, 3.8) is 0 Å². The van der Waals surface area contributed by atoms with Crippen LogP contribution in [0.1, 0.15) is 11.1 Å². The van der Waals surface area contributed by atoms with Gasteiger partial charge in [-0.3, -0.25) is 20.2 Å². The Morgan fingerprint density at radius 1 is 1.12 bits per heavy atom. The summed E-state index contributed by atoms with van der Waals surface area (Å²) >= 11 is 1.05. The summed E-state index contributed by atoms with van der Waals surface area (Å²) in [5.74, 6) is 0. The fourth-order valence-electron chi connectivity index (χ4n) is 2.48. The van der Waals surface area contributed by atoms with Gasteiger partial charge in [-0.15, -0.1) is 10.2 Å². The number of hydrazone groups is 1. The summed E-state index contributed by atoms with van der Waals surface area (Å²) in [6, 6.07) is 7.68. The minimum atomic E-state index is -4.19. The van der Waals surface area contributed by atoms with Crippen LogP contribution in [-0.2, 0) is 17.1 Å². The van der Waals surface area contributed by atoms with Gasteiger partial charge in [-0.25, -0.2) is 4.83 Å². The van der Waals surface area contributed by atoms with Crippen molar-refractivity contribution in [2.24, 2.45) is 12.1 Å². The first kappa shape index (κ1) is 22.8. The molecule has 0 spiro atoms. The molecule has 2 aromatic carbocycles. The zero-order chi connectivity index (χ0) is 23.5. The van der Waals surface area contributed by atoms with E-state index in [2.05, 4.69) is 15.3 Å². The largest absolute Gasteiger partial charge is 0.311 e. The summed E-state index contributed by atoms with van der Waals surface area (Å²) in [6.45, 7) is 1.49. The molecule has 0 aliphatic rings. The summed E-state index contributed by atoms with van der Waals surface area (Å²) in [5, 5.41) is 34.1. The molecular weight excluding hydrogens is 462 g/mol. The minimum absolute atomic E-state index is 0.223. The van der Waals surface area contributed by atoms with Crippen molar-refractivity contribution in [1.29, 1.82) is 0 Å².